The number of nitrogens with zero attached hydrogens (tertiary/aromatic N) is 1. The summed E-state index contributed by atoms with van der Waals surface area (Å²) in [6.07, 6.45) is 1.70. The van der Waals surface area contributed by atoms with Crippen LogP contribution in [0.3, 0.4) is 0 Å². The quantitative estimate of drug-likeness (QED) is 0.668. The lowest BCUT2D eigenvalue weighted by atomic mass is 10.2. The molecule has 1 aliphatic rings. The van der Waals surface area contributed by atoms with Crippen LogP contribution in [0, 0.1) is 11.6 Å². The molecule has 3 aromatic rings. The number of hydrogen-bond acceptors (Lipinski definition) is 4. The Kier molecular flexibility index (Phi) is 5.35. The minimum atomic E-state index is -0.880. The van der Waals surface area contributed by atoms with Gasteiger partial charge in [-0.05, 0) is 36.4 Å². The molecule has 0 aliphatic carbocycles. The van der Waals surface area contributed by atoms with Gasteiger partial charge in [0, 0.05) is 17.4 Å². The van der Waals surface area contributed by atoms with E-state index in [1.807, 2.05) is 18.2 Å². The molecule has 0 spiro atoms. The van der Waals surface area contributed by atoms with Crippen LogP contribution in [0.15, 0.2) is 70.2 Å². The van der Waals surface area contributed by atoms with Crippen LogP contribution < -0.4 is 10.2 Å². The van der Waals surface area contributed by atoms with Crippen LogP contribution >= 0.6 is 11.8 Å². The molecule has 2 amide bonds. The van der Waals surface area contributed by atoms with Crippen molar-refractivity contribution in [2.75, 3.05) is 16.8 Å². The monoisotopic (exact) mass is 414 g/mol. The second kappa shape index (κ2) is 8.08. The summed E-state index contributed by atoms with van der Waals surface area (Å²) in [5, 5.41) is 2.17. The molecule has 148 valence electrons. The molecular formula is C21H16F2N2O3S. The number of nitrogens with one attached hydrogen (secondary N) is 1. The van der Waals surface area contributed by atoms with Crippen LogP contribution in [0.5, 0.6) is 0 Å². The van der Waals surface area contributed by atoms with E-state index in [0.717, 1.165) is 17.0 Å². The number of halogens is 2. The van der Waals surface area contributed by atoms with Gasteiger partial charge in [0.2, 0.25) is 11.8 Å². The van der Waals surface area contributed by atoms with Crippen LogP contribution in [-0.2, 0) is 9.59 Å². The van der Waals surface area contributed by atoms with Crippen molar-refractivity contribution in [1.82, 2.24) is 0 Å². The second-order valence-electron chi connectivity index (χ2n) is 6.45. The molecule has 0 saturated heterocycles. The molecule has 1 aliphatic heterocycles. The predicted octanol–water partition coefficient (Wildman–Crippen LogP) is 4.77. The van der Waals surface area contributed by atoms with E-state index >= 15 is 0 Å². The number of rotatable bonds is 4. The zero-order valence-electron chi connectivity index (χ0n) is 15.1. The fourth-order valence-electron chi connectivity index (χ4n) is 3.11. The standard InChI is InChI=1S/C21H16F2N2O3S/c22-13-7-8-15(14(23)10-13)24-20(26)12-25-16-4-1-2-6-18(16)29-19(11-21(25)27)17-5-3-9-28-17/h1-10,19H,11-12H2,(H,24,26). The largest absolute Gasteiger partial charge is 0.468 e. The number of anilines is 2. The van der Waals surface area contributed by atoms with Crippen molar-refractivity contribution >= 4 is 35.0 Å². The first-order chi connectivity index (χ1) is 14.0. The van der Waals surface area contributed by atoms with Gasteiger partial charge in [-0.25, -0.2) is 8.78 Å². The summed E-state index contributed by atoms with van der Waals surface area (Å²) in [7, 11) is 0. The first-order valence-corrected chi connectivity index (χ1v) is 9.73. The highest BCUT2D eigenvalue weighted by molar-refractivity contribution is 7.99. The predicted molar refractivity (Wildman–Crippen MR) is 106 cm³/mol. The van der Waals surface area contributed by atoms with Gasteiger partial charge in [-0.1, -0.05) is 12.1 Å². The molecule has 0 radical (unpaired) electrons. The molecule has 1 unspecified atom stereocenters. The maximum atomic E-state index is 13.8. The van der Waals surface area contributed by atoms with Crippen molar-refractivity contribution < 1.29 is 22.8 Å². The third-order valence-electron chi connectivity index (χ3n) is 4.45. The van der Waals surface area contributed by atoms with Crippen molar-refractivity contribution in [3.8, 4) is 0 Å². The Morgan fingerprint density at radius 3 is 2.76 bits per heavy atom. The van der Waals surface area contributed by atoms with Gasteiger partial charge >= 0.3 is 0 Å². The van der Waals surface area contributed by atoms with Gasteiger partial charge in [0.05, 0.1) is 22.9 Å². The Morgan fingerprint density at radius 2 is 2.00 bits per heavy atom. The molecule has 8 heteroatoms. The fourth-order valence-corrected chi connectivity index (χ4v) is 4.35. The molecule has 0 fully saturated rings. The molecule has 5 nitrogen and oxygen atoms in total. The summed E-state index contributed by atoms with van der Waals surface area (Å²) in [6.45, 7) is -0.294. The summed E-state index contributed by atoms with van der Waals surface area (Å²) in [5.74, 6) is -1.77. The van der Waals surface area contributed by atoms with Gasteiger partial charge in [-0.15, -0.1) is 11.8 Å². The van der Waals surface area contributed by atoms with E-state index in [-0.39, 0.29) is 29.8 Å². The van der Waals surface area contributed by atoms with Gasteiger partial charge in [0.1, 0.15) is 23.9 Å². The first kappa shape index (κ1) is 19.2. The molecule has 29 heavy (non-hydrogen) atoms. The van der Waals surface area contributed by atoms with E-state index in [1.54, 1.807) is 24.5 Å². The Bertz CT molecular complexity index is 1060. The number of fused-ring (bicyclic) bond motifs is 1. The van der Waals surface area contributed by atoms with E-state index < -0.39 is 17.5 Å². The van der Waals surface area contributed by atoms with Crippen molar-refractivity contribution in [1.29, 1.82) is 0 Å². The number of carbonyl (C=O) groups excluding carboxylic acids is 2. The number of furan rings is 1. The lowest BCUT2D eigenvalue weighted by Gasteiger charge is -2.22. The number of benzene rings is 2. The lowest BCUT2D eigenvalue weighted by Crippen LogP contribution is -2.38. The summed E-state index contributed by atoms with van der Waals surface area (Å²) >= 11 is 1.49. The first-order valence-electron chi connectivity index (χ1n) is 8.85. The third-order valence-corrected chi connectivity index (χ3v) is 5.74. The minimum absolute atomic E-state index is 0.144. The van der Waals surface area contributed by atoms with Crippen molar-refractivity contribution in [3.05, 3.63) is 78.3 Å². The zero-order chi connectivity index (χ0) is 20.4. The Balaban J connectivity index is 1.58. The minimum Gasteiger partial charge on any atom is -0.468 e. The summed E-state index contributed by atoms with van der Waals surface area (Å²) in [4.78, 5) is 27.7. The zero-order valence-corrected chi connectivity index (χ0v) is 15.9. The highest BCUT2D eigenvalue weighted by Gasteiger charge is 2.31. The topological polar surface area (TPSA) is 62.6 Å². The smallest absolute Gasteiger partial charge is 0.244 e. The van der Waals surface area contributed by atoms with Gasteiger partial charge < -0.3 is 14.6 Å². The highest BCUT2D eigenvalue weighted by Crippen LogP contribution is 2.45. The molecular weight excluding hydrogens is 398 g/mol. The van der Waals surface area contributed by atoms with E-state index in [9.17, 15) is 18.4 Å². The average Bonchev–Trinajstić information content (AvgIpc) is 3.19. The van der Waals surface area contributed by atoms with Crippen LogP contribution in [-0.4, -0.2) is 18.4 Å². The maximum Gasteiger partial charge on any atom is 0.244 e. The van der Waals surface area contributed by atoms with Crippen LogP contribution in [0.1, 0.15) is 17.4 Å². The second-order valence-corrected chi connectivity index (χ2v) is 7.69. The molecule has 2 heterocycles. The molecule has 0 saturated carbocycles. The number of thioether (sulfide) groups is 1. The summed E-state index contributed by atoms with van der Waals surface area (Å²) in [5.41, 5.74) is 0.459. The van der Waals surface area contributed by atoms with E-state index in [0.29, 0.717) is 17.5 Å². The van der Waals surface area contributed by atoms with Crippen LogP contribution in [0.4, 0.5) is 20.2 Å². The van der Waals surface area contributed by atoms with Crippen LogP contribution in [0.2, 0.25) is 0 Å². The fraction of sp³-hybridized carbons (Fsp3) is 0.143. The van der Waals surface area contributed by atoms with Gasteiger partial charge in [0.15, 0.2) is 0 Å². The number of amides is 2. The van der Waals surface area contributed by atoms with Gasteiger partial charge in [-0.2, -0.15) is 0 Å². The number of para-hydroxylation sites is 1. The summed E-state index contributed by atoms with van der Waals surface area (Å²) in [6, 6.07) is 13.7. The van der Waals surface area contributed by atoms with Gasteiger partial charge in [-0.3, -0.25) is 9.59 Å². The van der Waals surface area contributed by atoms with Crippen molar-refractivity contribution in [2.24, 2.45) is 0 Å². The Labute approximate surface area is 169 Å². The Morgan fingerprint density at radius 1 is 1.17 bits per heavy atom. The number of carbonyl (C=O) groups is 2. The van der Waals surface area contributed by atoms with E-state index in [1.165, 1.54) is 16.7 Å². The molecule has 1 N–H and O–H groups in total. The molecule has 0 bridgehead atoms. The molecule has 2 aromatic carbocycles. The normalized spacial score (nSPS) is 16.3. The van der Waals surface area contributed by atoms with E-state index in [2.05, 4.69) is 5.32 Å². The third kappa shape index (κ3) is 4.17. The number of hydrogen-bond donors (Lipinski definition) is 1. The molecule has 1 aromatic heterocycles. The molecule has 1 atom stereocenters. The Hall–Kier alpha value is -3.13. The van der Waals surface area contributed by atoms with E-state index in [4.69, 9.17) is 4.42 Å². The van der Waals surface area contributed by atoms with Crippen molar-refractivity contribution in [2.45, 2.75) is 16.6 Å². The average molecular weight is 414 g/mol. The summed E-state index contributed by atoms with van der Waals surface area (Å²) < 4.78 is 32.4. The highest BCUT2D eigenvalue weighted by atomic mass is 32.2. The molecule has 4 rings (SSSR count). The van der Waals surface area contributed by atoms with Crippen molar-refractivity contribution in [3.63, 3.8) is 0 Å². The SMILES string of the molecule is O=C(CN1C(=O)CC(c2ccco2)Sc2ccccc21)Nc1ccc(F)cc1F. The van der Waals surface area contributed by atoms with Crippen LogP contribution in [0.25, 0.3) is 0 Å². The maximum absolute atomic E-state index is 13.8. The lowest BCUT2D eigenvalue weighted by molar-refractivity contribution is -0.121. The van der Waals surface area contributed by atoms with Gasteiger partial charge in [0.25, 0.3) is 0 Å².